The van der Waals surface area contributed by atoms with Crippen molar-refractivity contribution >= 4 is 11.3 Å². The van der Waals surface area contributed by atoms with E-state index in [4.69, 9.17) is 0 Å². The van der Waals surface area contributed by atoms with Crippen molar-refractivity contribution in [3.05, 3.63) is 52.5 Å². The third-order valence-electron chi connectivity index (χ3n) is 2.69. The van der Waals surface area contributed by atoms with Crippen molar-refractivity contribution in [2.45, 2.75) is 25.8 Å². The number of hydrogen-bond acceptors (Lipinski definition) is 3. The van der Waals surface area contributed by atoms with E-state index in [9.17, 15) is 0 Å². The molecule has 0 radical (unpaired) electrons. The van der Waals surface area contributed by atoms with Gasteiger partial charge in [0.2, 0.25) is 0 Å². The molecule has 2 aromatic heterocycles. The third kappa shape index (κ3) is 4.29. The van der Waals surface area contributed by atoms with Gasteiger partial charge in [0.05, 0.1) is 0 Å². The minimum absolute atomic E-state index is 0.525. The van der Waals surface area contributed by atoms with Gasteiger partial charge in [0.15, 0.2) is 0 Å². The van der Waals surface area contributed by atoms with Crippen LogP contribution in [0.1, 0.15) is 17.5 Å². The van der Waals surface area contributed by atoms with Crippen LogP contribution < -0.4 is 5.32 Å². The van der Waals surface area contributed by atoms with Gasteiger partial charge in [-0.05, 0) is 36.9 Å². The van der Waals surface area contributed by atoms with Crippen LogP contribution >= 0.6 is 11.3 Å². The van der Waals surface area contributed by atoms with Gasteiger partial charge >= 0.3 is 0 Å². The fraction of sp³-hybridized carbons (Fsp3) is 0.357. The molecule has 1 N–H and O–H groups in total. The van der Waals surface area contributed by atoms with Crippen molar-refractivity contribution in [2.75, 3.05) is 6.54 Å². The topological polar surface area (TPSA) is 24.9 Å². The zero-order chi connectivity index (χ0) is 11.9. The molecular formula is C14H18N2S. The molecule has 17 heavy (non-hydrogen) atoms. The SMILES string of the molecule is CC(Cc1cccs1)NCCc1ccccn1. The molecule has 2 heterocycles. The second-order valence-corrected chi connectivity index (χ2v) is 5.24. The average molecular weight is 246 g/mol. The maximum Gasteiger partial charge on any atom is 0.0416 e. The van der Waals surface area contributed by atoms with Crippen molar-refractivity contribution in [3.63, 3.8) is 0 Å². The van der Waals surface area contributed by atoms with Crippen molar-refractivity contribution in [2.24, 2.45) is 0 Å². The molecule has 0 saturated carbocycles. The molecule has 0 saturated heterocycles. The van der Waals surface area contributed by atoms with Gasteiger partial charge in [-0.3, -0.25) is 4.98 Å². The highest BCUT2D eigenvalue weighted by Gasteiger charge is 2.03. The minimum Gasteiger partial charge on any atom is -0.314 e. The Bertz CT molecular complexity index is 411. The van der Waals surface area contributed by atoms with Crippen LogP contribution in [0, 0.1) is 0 Å². The van der Waals surface area contributed by atoms with Crippen LogP contribution in [0.15, 0.2) is 41.9 Å². The Morgan fingerprint density at radius 3 is 2.94 bits per heavy atom. The summed E-state index contributed by atoms with van der Waals surface area (Å²) < 4.78 is 0. The van der Waals surface area contributed by atoms with Crippen molar-refractivity contribution in [1.82, 2.24) is 10.3 Å². The summed E-state index contributed by atoms with van der Waals surface area (Å²) in [6.07, 6.45) is 3.96. The first-order valence-corrected chi connectivity index (χ1v) is 6.88. The number of hydrogen-bond donors (Lipinski definition) is 1. The number of thiophene rings is 1. The highest BCUT2D eigenvalue weighted by atomic mass is 32.1. The zero-order valence-corrected chi connectivity index (χ0v) is 10.9. The monoisotopic (exact) mass is 246 g/mol. The van der Waals surface area contributed by atoms with Gasteiger partial charge < -0.3 is 5.32 Å². The fourth-order valence-corrected chi connectivity index (χ4v) is 2.63. The second-order valence-electron chi connectivity index (χ2n) is 4.21. The summed E-state index contributed by atoms with van der Waals surface area (Å²) in [7, 11) is 0. The quantitative estimate of drug-likeness (QED) is 0.847. The Balaban J connectivity index is 1.68. The highest BCUT2D eigenvalue weighted by Crippen LogP contribution is 2.10. The van der Waals surface area contributed by atoms with Gasteiger partial charge in [0.1, 0.15) is 0 Å². The summed E-state index contributed by atoms with van der Waals surface area (Å²) in [5, 5.41) is 5.67. The van der Waals surface area contributed by atoms with Gasteiger partial charge in [-0.2, -0.15) is 0 Å². The van der Waals surface area contributed by atoms with Crippen LogP contribution in [0.2, 0.25) is 0 Å². The summed E-state index contributed by atoms with van der Waals surface area (Å²) >= 11 is 1.83. The number of nitrogens with zero attached hydrogens (tertiary/aromatic N) is 1. The van der Waals surface area contributed by atoms with Crippen molar-refractivity contribution < 1.29 is 0 Å². The predicted molar refractivity (Wildman–Crippen MR) is 73.4 cm³/mol. The molecule has 0 fully saturated rings. The number of aromatic nitrogens is 1. The minimum atomic E-state index is 0.525. The van der Waals surface area contributed by atoms with Crippen LogP contribution in [-0.2, 0) is 12.8 Å². The Morgan fingerprint density at radius 2 is 2.24 bits per heavy atom. The number of rotatable bonds is 6. The molecule has 1 atom stereocenters. The van der Waals surface area contributed by atoms with Gasteiger partial charge in [-0.25, -0.2) is 0 Å². The third-order valence-corrected chi connectivity index (χ3v) is 3.59. The predicted octanol–water partition coefficient (Wildman–Crippen LogP) is 2.91. The van der Waals surface area contributed by atoms with Crippen LogP contribution in [0.3, 0.4) is 0 Å². The lowest BCUT2D eigenvalue weighted by Gasteiger charge is -2.12. The fourth-order valence-electron chi connectivity index (χ4n) is 1.80. The smallest absolute Gasteiger partial charge is 0.0416 e. The summed E-state index contributed by atoms with van der Waals surface area (Å²) in [4.78, 5) is 5.76. The summed E-state index contributed by atoms with van der Waals surface area (Å²) in [6, 6.07) is 10.9. The Labute approximate surface area is 107 Å². The van der Waals surface area contributed by atoms with E-state index in [-0.39, 0.29) is 0 Å². The molecule has 2 nitrogen and oxygen atoms in total. The normalized spacial score (nSPS) is 12.5. The first kappa shape index (κ1) is 12.3. The lowest BCUT2D eigenvalue weighted by molar-refractivity contribution is 0.549. The average Bonchev–Trinajstić information content (AvgIpc) is 2.83. The molecule has 2 rings (SSSR count). The van der Waals surface area contributed by atoms with Crippen LogP contribution in [-0.4, -0.2) is 17.6 Å². The molecule has 0 amide bonds. The van der Waals surface area contributed by atoms with Crippen LogP contribution in [0.25, 0.3) is 0 Å². The number of pyridine rings is 1. The summed E-state index contributed by atoms with van der Waals surface area (Å²) in [6.45, 7) is 3.22. The maximum absolute atomic E-state index is 4.31. The van der Waals surface area contributed by atoms with Gasteiger partial charge in [0.25, 0.3) is 0 Å². The van der Waals surface area contributed by atoms with E-state index in [2.05, 4.69) is 40.8 Å². The Kier molecular flexibility index (Phi) is 4.71. The molecule has 0 aliphatic heterocycles. The van der Waals surface area contributed by atoms with E-state index in [1.165, 1.54) is 4.88 Å². The Morgan fingerprint density at radius 1 is 1.29 bits per heavy atom. The van der Waals surface area contributed by atoms with Crippen LogP contribution in [0.5, 0.6) is 0 Å². The maximum atomic E-state index is 4.31. The van der Waals surface area contributed by atoms with Gasteiger partial charge in [-0.15, -0.1) is 11.3 Å². The van der Waals surface area contributed by atoms with E-state index in [0.717, 1.165) is 25.1 Å². The van der Waals surface area contributed by atoms with E-state index >= 15 is 0 Å². The molecule has 0 aliphatic rings. The molecular weight excluding hydrogens is 228 g/mol. The largest absolute Gasteiger partial charge is 0.314 e. The Hall–Kier alpha value is -1.19. The standard InChI is InChI=1S/C14H18N2S/c1-12(11-14-6-4-10-17-14)15-9-7-13-5-2-3-8-16-13/h2-6,8,10,12,15H,7,9,11H2,1H3. The highest BCUT2D eigenvalue weighted by molar-refractivity contribution is 7.09. The van der Waals surface area contributed by atoms with Crippen LogP contribution in [0.4, 0.5) is 0 Å². The number of nitrogens with one attached hydrogen (secondary N) is 1. The van der Waals surface area contributed by atoms with Crippen molar-refractivity contribution in [3.8, 4) is 0 Å². The molecule has 0 spiro atoms. The second kappa shape index (κ2) is 6.52. The van der Waals surface area contributed by atoms with E-state index in [1.54, 1.807) is 0 Å². The van der Waals surface area contributed by atoms with E-state index in [0.29, 0.717) is 6.04 Å². The first-order valence-electron chi connectivity index (χ1n) is 6.00. The first-order chi connectivity index (χ1) is 8.34. The lowest BCUT2D eigenvalue weighted by Crippen LogP contribution is -2.29. The van der Waals surface area contributed by atoms with E-state index < -0.39 is 0 Å². The lowest BCUT2D eigenvalue weighted by atomic mass is 10.2. The summed E-state index contributed by atoms with van der Waals surface area (Å²) in [5.74, 6) is 0. The van der Waals surface area contributed by atoms with E-state index in [1.807, 2.05) is 29.7 Å². The molecule has 90 valence electrons. The molecule has 3 heteroatoms. The molecule has 0 aromatic carbocycles. The molecule has 0 aliphatic carbocycles. The molecule has 1 unspecified atom stereocenters. The van der Waals surface area contributed by atoms with Gasteiger partial charge in [-0.1, -0.05) is 12.1 Å². The van der Waals surface area contributed by atoms with Gasteiger partial charge in [0, 0.05) is 35.8 Å². The molecule has 0 bridgehead atoms. The summed E-state index contributed by atoms with van der Waals surface area (Å²) in [5.41, 5.74) is 1.16. The van der Waals surface area contributed by atoms with Crippen molar-refractivity contribution in [1.29, 1.82) is 0 Å². The molecule has 2 aromatic rings. The zero-order valence-electron chi connectivity index (χ0n) is 10.1.